The van der Waals surface area contributed by atoms with Crippen molar-refractivity contribution in [1.82, 2.24) is 4.90 Å². The summed E-state index contributed by atoms with van der Waals surface area (Å²) in [5.74, 6) is -0.830. The van der Waals surface area contributed by atoms with Crippen molar-refractivity contribution in [3.63, 3.8) is 0 Å². The van der Waals surface area contributed by atoms with Crippen LogP contribution >= 0.6 is 11.8 Å². The first-order valence-corrected chi connectivity index (χ1v) is 10.3. The monoisotopic (exact) mass is 398 g/mol. The van der Waals surface area contributed by atoms with Crippen LogP contribution in [-0.2, 0) is 20.9 Å². The zero-order valence-electron chi connectivity index (χ0n) is 15.6. The van der Waals surface area contributed by atoms with E-state index in [0.717, 1.165) is 23.4 Å². The number of nitrogens with one attached hydrogen (secondary N) is 1. The van der Waals surface area contributed by atoms with Crippen LogP contribution in [0.2, 0.25) is 0 Å². The summed E-state index contributed by atoms with van der Waals surface area (Å²) in [5, 5.41) is 2.71. The number of hydrogen-bond acceptors (Lipinski definition) is 5. The molecule has 0 radical (unpaired) electrons. The van der Waals surface area contributed by atoms with Gasteiger partial charge in [-0.05, 0) is 48.6 Å². The van der Waals surface area contributed by atoms with Crippen LogP contribution in [0, 0.1) is 0 Å². The second kappa shape index (κ2) is 9.41. The molecule has 2 aromatic carbocycles. The molecular weight excluding hydrogens is 376 g/mol. The molecule has 7 heteroatoms. The van der Waals surface area contributed by atoms with Gasteiger partial charge in [-0.15, -0.1) is 11.8 Å². The largest absolute Gasteiger partial charge is 0.452 e. The molecule has 0 aliphatic carbocycles. The third-order valence-corrected chi connectivity index (χ3v) is 5.12. The molecule has 6 nitrogen and oxygen atoms in total. The predicted molar refractivity (Wildman–Crippen MR) is 108 cm³/mol. The molecule has 0 unspecified atom stereocenters. The molecule has 1 saturated heterocycles. The number of likely N-dealkylation sites (tertiary alicyclic amines) is 1. The van der Waals surface area contributed by atoms with Crippen LogP contribution < -0.4 is 5.32 Å². The molecule has 0 saturated carbocycles. The first-order chi connectivity index (χ1) is 13.5. The Labute approximate surface area is 168 Å². The van der Waals surface area contributed by atoms with Gasteiger partial charge in [0.15, 0.2) is 6.61 Å². The van der Waals surface area contributed by atoms with Gasteiger partial charge in [0.2, 0.25) is 5.91 Å². The van der Waals surface area contributed by atoms with Crippen LogP contribution in [0.1, 0.15) is 28.8 Å². The van der Waals surface area contributed by atoms with Gasteiger partial charge in [-0.25, -0.2) is 4.79 Å². The number of amides is 2. The van der Waals surface area contributed by atoms with E-state index in [-0.39, 0.29) is 12.5 Å². The van der Waals surface area contributed by atoms with E-state index in [1.54, 1.807) is 40.9 Å². The summed E-state index contributed by atoms with van der Waals surface area (Å²) >= 11 is 1.58. The minimum absolute atomic E-state index is 0.134. The van der Waals surface area contributed by atoms with Crippen molar-refractivity contribution >= 4 is 35.2 Å². The standard InChI is InChI=1S/C21H22N2O4S/c1-28-18-8-3-7-17(12-18)22-19(24)14-27-21(26)16-6-2-5-15(11-16)13-23-10-4-9-20(23)25/h2-3,5-8,11-12H,4,9-10,13-14H2,1H3,(H,22,24). The van der Waals surface area contributed by atoms with Crippen LogP contribution in [0.25, 0.3) is 0 Å². The molecule has 0 spiro atoms. The van der Waals surface area contributed by atoms with Gasteiger partial charge in [-0.1, -0.05) is 18.2 Å². The molecule has 0 bridgehead atoms. The average Bonchev–Trinajstić information content (AvgIpc) is 3.11. The number of carbonyl (C=O) groups is 3. The molecule has 3 rings (SSSR count). The topological polar surface area (TPSA) is 75.7 Å². The number of carbonyl (C=O) groups excluding carboxylic acids is 3. The number of nitrogens with zero attached hydrogens (tertiary/aromatic N) is 1. The Balaban J connectivity index is 1.53. The van der Waals surface area contributed by atoms with Gasteiger partial charge in [-0.3, -0.25) is 9.59 Å². The Hall–Kier alpha value is -2.80. The molecule has 1 N–H and O–H groups in total. The SMILES string of the molecule is CSc1cccc(NC(=O)COC(=O)c2cccc(CN3CCCC3=O)c2)c1. The Bertz CT molecular complexity index is 884. The first-order valence-electron chi connectivity index (χ1n) is 9.03. The average molecular weight is 398 g/mol. The normalized spacial score (nSPS) is 13.5. The molecule has 1 fully saturated rings. The highest BCUT2D eigenvalue weighted by molar-refractivity contribution is 7.98. The number of ether oxygens (including phenoxy) is 1. The Kier molecular flexibility index (Phi) is 6.71. The van der Waals surface area contributed by atoms with Crippen LogP contribution in [0.5, 0.6) is 0 Å². The van der Waals surface area contributed by atoms with E-state index in [0.29, 0.717) is 24.2 Å². The fourth-order valence-corrected chi connectivity index (χ4v) is 3.46. The molecule has 1 heterocycles. The Morgan fingerprint density at radius 2 is 2.00 bits per heavy atom. The third-order valence-electron chi connectivity index (χ3n) is 4.40. The van der Waals surface area contributed by atoms with E-state index >= 15 is 0 Å². The summed E-state index contributed by atoms with van der Waals surface area (Å²) in [6.07, 6.45) is 3.41. The van der Waals surface area contributed by atoms with Crippen LogP contribution in [0.4, 0.5) is 5.69 Å². The molecule has 146 valence electrons. The lowest BCUT2D eigenvalue weighted by Gasteiger charge is -2.15. The molecule has 0 atom stereocenters. The van der Waals surface area contributed by atoms with Gasteiger partial charge in [0.1, 0.15) is 0 Å². The molecule has 28 heavy (non-hydrogen) atoms. The Morgan fingerprint density at radius 3 is 2.75 bits per heavy atom. The van der Waals surface area contributed by atoms with Crippen molar-refractivity contribution in [3.8, 4) is 0 Å². The number of thioether (sulfide) groups is 1. The number of benzene rings is 2. The molecule has 2 amide bonds. The first kappa shape index (κ1) is 19.9. The van der Waals surface area contributed by atoms with Crippen LogP contribution in [0.3, 0.4) is 0 Å². The summed E-state index contributed by atoms with van der Waals surface area (Å²) in [6, 6.07) is 14.4. The van der Waals surface area contributed by atoms with Gasteiger partial charge < -0.3 is 15.0 Å². The quantitative estimate of drug-likeness (QED) is 0.572. The predicted octanol–water partition coefficient (Wildman–Crippen LogP) is 3.33. The lowest BCUT2D eigenvalue weighted by atomic mass is 10.1. The van der Waals surface area contributed by atoms with Crippen molar-refractivity contribution in [3.05, 3.63) is 59.7 Å². The summed E-state index contributed by atoms with van der Waals surface area (Å²) in [6.45, 7) is 0.856. The fraction of sp³-hybridized carbons (Fsp3) is 0.286. The van der Waals surface area contributed by atoms with Gasteiger partial charge in [0, 0.05) is 30.1 Å². The van der Waals surface area contributed by atoms with E-state index in [1.165, 1.54) is 0 Å². The molecular formula is C21H22N2O4S. The van der Waals surface area contributed by atoms with E-state index < -0.39 is 11.9 Å². The fourth-order valence-electron chi connectivity index (χ4n) is 3.00. The summed E-state index contributed by atoms with van der Waals surface area (Å²) < 4.78 is 5.13. The van der Waals surface area contributed by atoms with Gasteiger partial charge >= 0.3 is 5.97 Å². The minimum atomic E-state index is -0.567. The molecule has 2 aromatic rings. The van der Waals surface area contributed by atoms with Crippen LogP contribution in [-0.4, -0.2) is 42.1 Å². The maximum absolute atomic E-state index is 12.3. The second-order valence-corrected chi connectivity index (χ2v) is 7.36. The van der Waals surface area contributed by atoms with E-state index in [1.807, 2.05) is 30.5 Å². The smallest absolute Gasteiger partial charge is 0.338 e. The van der Waals surface area contributed by atoms with Crippen LogP contribution in [0.15, 0.2) is 53.4 Å². The third kappa shape index (κ3) is 5.36. The number of anilines is 1. The van der Waals surface area contributed by atoms with Gasteiger partial charge in [0.25, 0.3) is 5.91 Å². The van der Waals surface area contributed by atoms with Crippen molar-refractivity contribution in [2.75, 3.05) is 24.7 Å². The van der Waals surface area contributed by atoms with Crippen molar-refractivity contribution in [2.45, 2.75) is 24.3 Å². The van der Waals surface area contributed by atoms with Gasteiger partial charge in [0.05, 0.1) is 5.56 Å². The van der Waals surface area contributed by atoms with E-state index in [4.69, 9.17) is 4.74 Å². The van der Waals surface area contributed by atoms with E-state index in [9.17, 15) is 14.4 Å². The highest BCUT2D eigenvalue weighted by atomic mass is 32.2. The van der Waals surface area contributed by atoms with Crippen molar-refractivity contribution in [2.24, 2.45) is 0 Å². The lowest BCUT2D eigenvalue weighted by Crippen LogP contribution is -2.24. The molecule has 1 aliphatic rings. The van der Waals surface area contributed by atoms with Crippen molar-refractivity contribution in [1.29, 1.82) is 0 Å². The number of rotatable bonds is 7. The summed E-state index contributed by atoms with van der Waals surface area (Å²) in [5.41, 5.74) is 1.88. The summed E-state index contributed by atoms with van der Waals surface area (Å²) in [4.78, 5) is 38.9. The molecule has 1 aliphatic heterocycles. The zero-order chi connectivity index (χ0) is 19.9. The van der Waals surface area contributed by atoms with Crippen molar-refractivity contribution < 1.29 is 19.1 Å². The minimum Gasteiger partial charge on any atom is -0.452 e. The second-order valence-electron chi connectivity index (χ2n) is 6.48. The lowest BCUT2D eigenvalue weighted by molar-refractivity contribution is -0.128. The number of hydrogen-bond donors (Lipinski definition) is 1. The summed E-state index contributed by atoms with van der Waals surface area (Å²) in [7, 11) is 0. The number of esters is 1. The van der Waals surface area contributed by atoms with E-state index in [2.05, 4.69) is 5.32 Å². The Morgan fingerprint density at radius 1 is 1.18 bits per heavy atom. The maximum atomic E-state index is 12.3. The highest BCUT2D eigenvalue weighted by Crippen LogP contribution is 2.19. The highest BCUT2D eigenvalue weighted by Gasteiger charge is 2.20. The molecule has 0 aromatic heterocycles. The maximum Gasteiger partial charge on any atom is 0.338 e. The van der Waals surface area contributed by atoms with Gasteiger partial charge in [-0.2, -0.15) is 0 Å². The zero-order valence-corrected chi connectivity index (χ0v) is 16.5.